The summed E-state index contributed by atoms with van der Waals surface area (Å²) in [5.41, 5.74) is -0.143. The highest BCUT2D eigenvalue weighted by molar-refractivity contribution is 7.15. The van der Waals surface area contributed by atoms with E-state index in [1.165, 1.54) is 11.3 Å². The Balaban J connectivity index is 1.61. The summed E-state index contributed by atoms with van der Waals surface area (Å²) in [6.45, 7) is 6.42. The van der Waals surface area contributed by atoms with Crippen molar-refractivity contribution in [1.29, 1.82) is 0 Å². The lowest BCUT2D eigenvalue weighted by molar-refractivity contribution is -0.144. The number of nitrogens with zero attached hydrogens (tertiary/aromatic N) is 1. The topological polar surface area (TPSA) is 125 Å². The fourth-order valence-corrected chi connectivity index (χ4v) is 7.36. The standard InChI is InChI=1S/C27H39N3O5S/c1-4-5-6-9-22(33)29-25-30-24-18(13-23(34)28-15-17-8-7-12-35-17)26(2)11-10-21(32)27(3,16-31)20(26)14-19(24)36-25/h7-8,12,18,20-21,31-32H,4-6,9-11,13-16H2,1-3H3,(H,28,34)(H,29,30,33)/t18-,20-,21-,26+,27+/m1/s1. The van der Waals surface area contributed by atoms with Crippen molar-refractivity contribution in [1.82, 2.24) is 10.3 Å². The predicted octanol–water partition coefficient (Wildman–Crippen LogP) is 4.38. The number of rotatable bonds is 10. The fourth-order valence-electron chi connectivity index (χ4n) is 6.27. The van der Waals surface area contributed by atoms with E-state index in [-0.39, 0.29) is 42.1 Å². The largest absolute Gasteiger partial charge is 0.467 e. The zero-order chi connectivity index (χ0) is 25.9. The van der Waals surface area contributed by atoms with Crippen LogP contribution in [-0.4, -0.2) is 39.7 Å². The number of unbranched alkanes of at least 4 members (excludes halogenated alkanes) is 2. The molecule has 2 aliphatic rings. The van der Waals surface area contributed by atoms with Crippen LogP contribution in [0.25, 0.3) is 0 Å². The molecule has 36 heavy (non-hydrogen) atoms. The third-order valence-corrected chi connectivity index (χ3v) is 9.59. The van der Waals surface area contributed by atoms with Gasteiger partial charge in [-0.25, -0.2) is 4.98 Å². The average molecular weight is 518 g/mol. The van der Waals surface area contributed by atoms with Crippen molar-refractivity contribution in [3.8, 4) is 0 Å². The first-order valence-electron chi connectivity index (χ1n) is 13.1. The van der Waals surface area contributed by atoms with E-state index in [1.54, 1.807) is 12.3 Å². The molecule has 2 aromatic rings. The van der Waals surface area contributed by atoms with Crippen molar-refractivity contribution in [2.75, 3.05) is 11.9 Å². The highest BCUT2D eigenvalue weighted by atomic mass is 32.1. The first kappa shape index (κ1) is 26.8. The zero-order valence-electron chi connectivity index (χ0n) is 21.5. The Morgan fingerprint density at radius 3 is 2.78 bits per heavy atom. The number of furan rings is 1. The molecule has 0 bridgehead atoms. The normalized spacial score (nSPS) is 29.3. The van der Waals surface area contributed by atoms with Gasteiger partial charge in [-0.05, 0) is 49.1 Å². The van der Waals surface area contributed by atoms with Crippen LogP contribution in [0.5, 0.6) is 0 Å². The summed E-state index contributed by atoms with van der Waals surface area (Å²) < 4.78 is 5.34. The molecule has 0 aromatic carbocycles. The van der Waals surface area contributed by atoms with Gasteiger partial charge in [0.1, 0.15) is 5.76 Å². The second kappa shape index (κ2) is 11.0. The summed E-state index contributed by atoms with van der Waals surface area (Å²) in [6, 6.07) is 3.61. The van der Waals surface area contributed by atoms with E-state index in [4.69, 9.17) is 9.40 Å². The second-order valence-electron chi connectivity index (χ2n) is 10.9. The van der Waals surface area contributed by atoms with Gasteiger partial charge < -0.3 is 25.3 Å². The number of aliphatic hydroxyl groups is 2. The van der Waals surface area contributed by atoms with Gasteiger partial charge in [-0.2, -0.15) is 0 Å². The Morgan fingerprint density at radius 1 is 1.28 bits per heavy atom. The molecule has 9 heteroatoms. The minimum absolute atomic E-state index is 0.0253. The molecular weight excluding hydrogens is 478 g/mol. The van der Waals surface area contributed by atoms with Crippen LogP contribution in [0.2, 0.25) is 0 Å². The molecule has 4 rings (SSSR count). The number of nitrogens with one attached hydrogen (secondary N) is 2. The van der Waals surface area contributed by atoms with E-state index in [2.05, 4.69) is 24.5 Å². The van der Waals surface area contributed by atoms with Crippen molar-refractivity contribution in [2.24, 2.45) is 16.7 Å². The van der Waals surface area contributed by atoms with Gasteiger partial charge in [-0.3, -0.25) is 9.59 Å². The lowest BCUT2D eigenvalue weighted by Crippen LogP contribution is -2.57. The van der Waals surface area contributed by atoms with E-state index >= 15 is 0 Å². The van der Waals surface area contributed by atoms with E-state index < -0.39 is 11.5 Å². The number of hydrogen-bond acceptors (Lipinski definition) is 7. The number of anilines is 1. The fraction of sp³-hybridized carbons (Fsp3) is 0.667. The quantitative estimate of drug-likeness (QED) is 0.347. The summed E-state index contributed by atoms with van der Waals surface area (Å²) >= 11 is 1.46. The van der Waals surface area contributed by atoms with Crippen molar-refractivity contribution in [3.63, 3.8) is 0 Å². The molecular formula is C27H39N3O5S. The third kappa shape index (κ3) is 5.24. The lowest BCUT2D eigenvalue weighted by atomic mass is 9.47. The number of thiazole rings is 1. The molecule has 5 atom stereocenters. The zero-order valence-corrected chi connectivity index (χ0v) is 22.3. The maximum atomic E-state index is 13.1. The highest BCUT2D eigenvalue weighted by Gasteiger charge is 2.59. The van der Waals surface area contributed by atoms with E-state index in [0.717, 1.165) is 36.3 Å². The van der Waals surface area contributed by atoms with Gasteiger partial charge in [0.25, 0.3) is 0 Å². The summed E-state index contributed by atoms with van der Waals surface area (Å²) in [6.07, 6.45) is 6.55. The van der Waals surface area contributed by atoms with E-state index in [1.807, 2.05) is 13.0 Å². The van der Waals surface area contributed by atoms with Gasteiger partial charge in [0.05, 0.1) is 31.2 Å². The SMILES string of the molecule is CCCCCC(=O)Nc1nc2c(s1)C[C@H]1[C@](C)(CO)[C@H](O)CC[C@@]1(C)[C@@H]2CC(=O)NCc1ccco1. The van der Waals surface area contributed by atoms with Gasteiger partial charge in [0, 0.05) is 29.1 Å². The lowest BCUT2D eigenvalue weighted by Gasteiger charge is -2.58. The summed E-state index contributed by atoms with van der Waals surface area (Å²) in [5, 5.41) is 27.8. The molecule has 0 unspecified atom stereocenters. The molecule has 2 aromatic heterocycles. The van der Waals surface area contributed by atoms with Crippen LogP contribution in [0.4, 0.5) is 5.13 Å². The smallest absolute Gasteiger partial charge is 0.226 e. The van der Waals surface area contributed by atoms with Gasteiger partial charge in [-0.15, -0.1) is 11.3 Å². The Labute approximate surface area is 216 Å². The maximum absolute atomic E-state index is 13.1. The Morgan fingerprint density at radius 2 is 2.08 bits per heavy atom. The third-order valence-electron chi connectivity index (χ3n) is 8.58. The number of carbonyl (C=O) groups excluding carboxylic acids is 2. The van der Waals surface area contributed by atoms with Gasteiger partial charge in [-0.1, -0.05) is 33.6 Å². The molecule has 0 aliphatic heterocycles. The van der Waals surface area contributed by atoms with Crippen LogP contribution in [0.1, 0.15) is 88.0 Å². The first-order valence-corrected chi connectivity index (χ1v) is 13.9. The monoisotopic (exact) mass is 517 g/mol. The minimum atomic E-state index is -0.679. The molecule has 4 N–H and O–H groups in total. The number of amides is 2. The van der Waals surface area contributed by atoms with Gasteiger partial charge in [0.15, 0.2) is 5.13 Å². The van der Waals surface area contributed by atoms with Crippen molar-refractivity contribution >= 4 is 28.3 Å². The van der Waals surface area contributed by atoms with Crippen LogP contribution in [0.15, 0.2) is 22.8 Å². The first-order chi connectivity index (χ1) is 17.2. The van der Waals surface area contributed by atoms with Crippen molar-refractivity contribution in [2.45, 2.75) is 90.7 Å². The highest BCUT2D eigenvalue weighted by Crippen LogP contribution is 2.62. The molecule has 2 amide bonds. The molecule has 1 saturated carbocycles. The Hall–Kier alpha value is -2.23. The van der Waals surface area contributed by atoms with Crippen molar-refractivity contribution in [3.05, 3.63) is 34.7 Å². The number of hydrogen-bond donors (Lipinski definition) is 4. The summed E-state index contributed by atoms with van der Waals surface area (Å²) in [4.78, 5) is 31.5. The minimum Gasteiger partial charge on any atom is -0.467 e. The number of carbonyl (C=O) groups is 2. The average Bonchev–Trinajstić information content (AvgIpc) is 3.51. The molecule has 0 radical (unpaired) electrons. The van der Waals surface area contributed by atoms with Crippen LogP contribution >= 0.6 is 11.3 Å². The Bertz CT molecular complexity index is 1050. The summed E-state index contributed by atoms with van der Waals surface area (Å²) in [5.74, 6) is 0.332. The van der Waals surface area contributed by atoms with Crippen LogP contribution < -0.4 is 10.6 Å². The van der Waals surface area contributed by atoms with Crippen LogP contribution in [0.3, 0.4) is 0 Å². The van der Waals surface area contributed by atoms with E-state index in [0.29, 0.717) is 36.7 Å². The van der Waals surface area contributed by atoms with Crippen molar-refractivity contribution < 1.29 is 24.2 Å². The van der Waals surface area contributed by atoms with E-state index in [9.17, 15) is 19.8 Å². The predicted molar refractivity (Wildman–Crippen MR) is 139 cm³/mol. The Kier molecular flexibility index (Phi) is 8.22. The number of fused-ring (bicyclic) bond motifs is 2. The molecule has 1 fully saturated rings. The van der Waals surface area contributed by atoms with Gasteiger partial charge in [0.2, 0.25) is 11.8 Å². The molecule has 8 nitrogen and oxygen atoms in total. The van der Waals surface area contributed by atoms with Gasteiger partial charge >= 0.3 is 0 Å². The molecule has 0 saturated heterocycles. The molecule has 198 valence electrons. The molecule has 2 heterocycles. The van der Waals surface area contributed by atoms with Crippen LogP contribution in [0, 0.1) is 16.7 Å². The second-order valence-corrected chi connectivity index (χ2v) is 12.0. The number of aliphatic hydroxyl groups excluding tert-OH is 2. The maximum Gasteiger partial charge on any atom is 0.226 e. The van der Waals surface area contributed by atoms with Crippen LogP contribution in [-0.2, 0) is 22.6 Å². The molecule has 0 spiro atoms. The summed E-state index contributed by atoms with van der Waals surface area (Å²) in [7, 11) is 0. The molecule has 2 aliphatic carbocycles. The number of aromatic nitrogens is 1.